The molecule has 0 aromatic heterocycles. The zero-order valence-electron chi connectivity index (χ0n) is 13.7. The Labute approximate surface area is 146 Å². The molecule has 2 N–H and O–H groups in total. The number of ether oxygens (including phenoxy) is 1. The smallest absolute Gasteiger partial charge is 0.234 e. The molecule has 2 aromatic carbocycles. The van der Waals surface area contributed by atoms with Crippen LogP contribution in [0.5, 0.6) is 5.75 Å². The van der Waals surface area contributed by atoms with Gasteiger partial charge >= 0.3 is 0 Å². The van der Waals surface area contributed by atoms with Crippen molar-refractivity contribution in [1.82, 2.24) is 5.32 Å². The number of hydrogen-bond donors (Lipinski definition) is 2. The van der Waals surface area contributed by atoms with Crippen molar-refractivity contribution in [2.45, 2.75) is 19.4 Å². The minimum absolute atomic E-state index is 0.133. The number of para-hydroxylation sites is 1. The maximum absolute atomic E-state index is 11.9. The molecule has 0 unspecified atom stereocenters. The van der Waals surface area contributed by atoms with Gasteiger partial charge < -0.3 is 15.4 Å². The van der Waals surface area contributed by atoms with Gasteiger partial charge in [0.05, 0.1) is 19.1 Å². The Morgan fingerprint density at radius 3 is 2.40 bits per heavy atom. The van der Waals surface area contributed by atoms with Crippen molar-refractivity contribution in [2.24, 2.45) is 0 Å². The van der Waals surface area contributed by atoms with Crippen molar-refractivity contribution in [2.75, 3.05) is 11.9 Å². The van der Waals surface area contributed by atoms with Crippen LogP contribution in [0.15, 0.2) is 54.6 Å². The van der Waals surface area contributed by atoms with E-state index in [0.717, 1.165) is 11.3 Å². The molecule has 2 aromatic rings. The number of anilines is 1. The zero-order valence-corrected chi connectivity index (χ0v) is 13.7. The predicted octanol–water partition coefficient (Wildman–Crippen LogP) is 2.62. The van der Waals surface area contributed by atoms with Gasteiger partial charge in [-0.05, 0) is 29.8 Å². The summed E-state index contributed by atoms with van der Waals surface area (Å²) in [6.45, 7) is 0.651. The number of carbonyl (C=O) groups excluding carboxylic acids is 2. The van der Waals surface area contributed by atoms with E-state index in [1.54, 1.807) is 18.2 Å². The molecule has 0 saturated heterocycles. The van der Waals surface area contributed by atoms with E-state index >= 15 is 0 Å². The third kappa shape index (κ3) is 6.75. The van der Waals surface area contributed by atoms with E-state index in [1.165, 1.54) is 0 Å². The molecule has 0 aliphatic carbocycles. The van der Waals surface area contributed by atoms with Crippen LogP contribution < -0.4 is 15.4 Å². The first-order chi connectivity index (χ1) is 12.2. The minimum Gasteiger partial charge on any atom is -0.493 e. The number of nitriles is 1. The second-order valence-corrected chi connectivity index (χ2v) is 5.27. The van der Waals surface area contributed by atoms with Gasteiger partial charge in [-0.25, -0.2) is 0 Å². The van der Waals surface area contributed by atoms with Gasteiger partial charge in [-0.15, -0.1) is 0 Å². The molecule has 25 heavy (non-hydrogen) atoms. The minimum atomic E-state index is -0.307. The van der Waals surface area contributed by atoms with E-state index in [9.17, 15) is 9.59 Å². The van der Waals surface area contributed by atoms with Crippen LogP contribution in [-0.4, -0.2) is 18.4 Å². The van der Waals surface area contributed by atoms with Gasteiger partial charge in [-0.2, -0.15) is 5.26 Å². The lowest BCUT2D eigenvalue weighted by molar-refractivity contribution is -0.120. The molecule has 0 spiro atoms. The number of nitrogens with one attached hydrogen (secondary N) is 2. The summed E-state index contributed by atoms with van der Waals surface area (Å²) in [5, 5.41) is 13.9. The summed E-state index contributed by atoms with van der Waals surface area (Å²) in [5.74, 6) is 0.294. The van der Waals surface area contributed by atoms with Crippen molar-refractivity contribution in [3.63, 3.8) is 0 Å². The summed E-state index contributed by atoms with van der Waals surface area (Å²) < 4.78 is 5.48. The molecule has 0 aliphatic rings. The van der Waals surface area contributed by atoms with E-state index in [2.05, 4.69) is 10.6 Å². The normalized spacial score (nSPS) is 9.72. The molecule has 0 radical (unpaired) electrons. The van der Waals surface area contributed by atoms with Crippen LogP contribution in [0, 0.1) is 11.3 Å². The quantitative estimate of drug-likeness (QED) is 0.774. The molecule has 0 heterocycles. The van der Waals surface area contributed by atoms with Crippen molar-refractivity contribution < 1.29 is 14.3 Å². The summed E-state index contributed by atoms with van der Waals surface area (Å²) in [6, 6.07) is 18.3. The summed E-state index contributed by atoms with van der Waals surface area (Å²) in [7, 11) is 0. The van der Waals surface area contributed by atoms with Crippen LogP contribution in [0.4, 0.5) is 5.69 Å². The first kappa shape index (κ1) is 18.0. The maximum Gasteiger partial charge on any atom is 0.234 e. The Hall–Kier alpha value is -3.33. The number of amides is 2. The average molecular weight is 337 g/mol. The summed E-state index contributed by atoms with van der Waals surface area (Å²) in [4.78, 5) is 23.1. The third-order valence-corrected chi connectivity index (χ3v) is 3.31. The lowest BCUT2D eigenvalue weighted by Crippen LogP contribution is -2.21. The molecule has 6 nitrogen and oxygen atoms in total. The predicted molar refractivity (Wildman–Crippen MR) is 93.7 cm³/mol. The van der Waals surface area contributed by atoms with E-state index < -0.39 is 0 Å². The Morgan fingerprint density at radius 2 is 1.72 bits per heavy atom. The average Bonchev–Trinajstić information content (AvgIpc) is 2.62. The Bertz CT molecular complexity index is 737. The maximum atomic E-state index is 11.9. The topological polar surface area (TPSA) is 91.2 Å². The molecule has 0 aliphatic heterocycles. The number of hydrogen-bond acceptors (Lipinski definition) is 4. The van der Waals surface area contributed by atoms with Gasteiger partial charge in [0.15, 0.2) is 0 Å². The van der Waals surface area contributed by atoms with Gasteiger partial charge in [0.2, 0.25) is 11.8 Å². The lowest BCUT2D eigenvalue weighted by atomic mass is 10.2. The molecule has 6 heteroatoms. The molecular weight excluding hydrogens is 318 g/mol. The lowest BCUT2D eigenvalue weighted by Gasteiger charge is -2.08. The van der Waals surface area contributed by atoms with Gasteiger partial charge in [0.25, 0.3) is 0 Å². The van der Waals surface area contributed by atoms with E-state index in [0.29, 0.717) is 18.8 Å². The first-order valence-corrected chi connectivity index (χ1v) is 7.87. The van der Waals surface area contributed by atoms with Crippen LogP contribution in [0.2, 0.25) is 0 Å². The molecule has 0 atom stereocenters. The summed E-state index contributed by atoms with van der Waals surface area (Å²) >= 11 is 0. The molecule has 0 saturated carbocycles. The van der Waals surface area contributed by atoms with Gasteiger partial charge in [-0.3, -0.25) is 9.59 Å². The van der Waals surface area contributed by atoms with Crippen LogP contribution >= 0.6 is 0 Å². The summed E-state index contributed by atoms with van der Waals surface area (Å²) in [5.41, 5.74) is 1.56. The van der Waals surface area contributed by atoms with E-state index in [-0.39, 0.29) is 24.7 Å². The van der Waals surface area contributed by atoms with E-state index in [4.69, 9.17) is 10.00 Å². The number of benzene rings is 2. The van der Waals surface area contributed by atoms with Crippen molar-refractivity contribution in [3.8, 4) is 11.8 Å². The van der Waals surface area contributed by atoms with Gasteiger partial charge in [0.1, 0.15) is 12.2 Å². The fraction of sp³-hybridized carbons (Fsp3) is 0.211. The molecule has 128 valence electrons. The Kier molecular flexibility index (Phi) is 7.01. The van der Waals surface area contributed by atoms with Crippen LogP contribution in [0.25, 0.3) is 0 Å². The Morgan fingerprint density at radius 1 is 1.00 bits per heavy atom. The van der Waals surface area contributed by atoms with Crippen molar-refractivity contribution in [1.29, 1.82) is 5.26 Å². The van der Waals surface area contributed by atoms with Gasteiger partial charge in [0, 0.05) is 12.2 Å². The van der Waals surface area contributed by atoms with Crippen molar-refractivity contribution >= 4 is 17.5 Å². The zero-order chi connectivity index (χ0) is 17.9. The monoisotopic (exact) mass is 337 g/mol. The van der Waals surface area contributed by atoms with E-state index in [1.807, 2.05) is 42.5 Å². The SMILES string of the molecule is N#CCC(=O)NCc1ccc(NC(=O)CCOc2ccccc2)cc1. The number of nitrogens with zero attached hydrogens (tertiary/aromatic N) is 1. The second kappa shape index (κ2) is 9.73. The van der Waals surface area contributed by atoms with Crippen LogP contribution in [0.3, 0.4) is 0 Å². The number of rotatable bonds is 8. The highest BCUT2D eigenvalue weighted by Gasteiger charge is 2.04. The molecule has 0 fully saturated rings. The highest BCUT2D eigenvalue weighted by molar-refractivity contribution is 5.90. The molecule has 0 bridgehead atoms. The van der Waals surface area contributed by atoms with Gasteiger partial charge in [-0.1, -0.05) is 30.3 Å². The van der Waals surface area contributed by atoms with Crippen LogP contribution in [-0.2, 0) is 16.1 Å². The number of carbonyl (C=O) groups is 2. The molecule has 2 amide bonds. The van der Waals surface area contributed by atoms with Crippen molar-refractivity contribution in [3.05, 3.63) is 60.2 Å². The summed E-state index contributed by atoms with van der Waals surface area (Å²) in [6.07, 6.45) is 0.0973. The molecular formula is C19H19N3O3. The third-order valence-electron chi connectivity index (χ3n) is 3.31. The second-order valence-electron chi connectivity index (χ2n) is 5.27. The largest absolute Gasteiger partial charge is 0.493 e. The highest BCUT2D eigenvalue weighted by Crippen LogP contribution is 2.11. The standard InChI is InChI=1S/C19H19N3O3/c20-12-10-18(23)21-14-15-6-8-16(9-7-15)22-19(24)11-13-25-17-4-2-1-3-5-17/h1-9H,10-11,13-14H2,(H,21,23)(H,22,24). The highest BCUT2D eigenvalue weighted by atomic mass is 16.5. The Balaban J connectivity index is 1.72. The molecule has 2 rings (SSSR count). The fourth-order valence-corrected chi connectivity index (χ4v) is 2.04. The fourth-order valence-electron chi connectivity index (χ4n) is 2.04. The van der Waals surface area contributed by atoms with Crippen LogP contribution in [0.1, 0.15) is 18.4 Å². The first-order valence-electron chi connectivity index (χ1n) is 7.87.